The molecular formula is C32H37ClN4O6S. The van der Waals surface area contributed by atoms with E-state index in [2.05, 4.69) is 10.2 Å². The first-order valence-electron chi connectivity index (χ1n) is 14.4. The van der Waals surface area contributed by atoms with Crippen LogP contribution < -0.4 is 19.1 Å². The maximum absolute atomic E-state index is 14.9. The van der Waals surface area contributed by atoms with E-state index in [9.17, 15) is 18.0 Å². The molecule has 2 amide bonds. The van der Waals surface area contributed by atoms with E-state index in [-0.39, 0.29) is 22.1 Å². The van der Waals surface area contributed by atoms with Crippen molar-refractivity contribution in [2.24, 2.45) is 0 Å². The monoisotopic (exact) mass is 640 g/mol. The number of methoxy groups -OCH3 is 2. The number of amides is 2. The van der Waals surface area contributed by atoms with Crippen LogP contribution in [-0.2, 0) is 31.7 Å². The molecule has 10 nitrogen and oxygen atoms in total. The third-order valence-electron chi connectivity index (χ3n) is 8.20. The van der Waals surface area contributed by atoms with Gasteiger partial charge in [0.15, 0.2) is 5.54 Å². The second-order valence-electron chi connectivity index (χ2n) is 11.3. The Kier molecular flexibility index (Phi) is 8.95. The van der Waals surface area contributed by atoms with Crippen molar-refractivity contribution in [1.82, 2.24) is 15.1 Å². The molecule has 1 fully saturated rings. The Hall–Kier alpha value is -3.64. The number of anilines is 1. The van der Waals surface area contributed by atoms with Crippen molar-refractivity contribution < 1.29 is 27.5 Å². The quantitative estimate of drug-likeness (QED) is 0.354. The second-order valence-corrected chi connectivity index (χ2v) is 13.5. The first-order valence-corrected chi connectivity index (χ1v) is 16.2. The number of halogens is 1. The lowest BCUT2D eigenvalue weighted by Gasteiger charge is -2.35. The first-order chi connectivity index (χ1) is 20.9. The molecule has 2 atom stereocenters. The minimum absolute atomic E-state index is 0.103. The smallest absolute Gasteiger partial charge is 0.270 e. The number of hydrogen-bond acceptors (Lipinski definition) is 8. The average molecular weight is 641 g/mol. The molecule has 0 aromatic heterocycles. The molecule has 12 heteroatoms. The zero-order valence-electron chi connectivity index (χ0n) is 25.5. The Morgan fingerprint density at radius 1 is 1.00 bits per heavy atom. The number of fused-ring (bicyclic) bond motifs is 1. The van der Waals surface area contributed by atoms with E-state index in [4.69, 9.17) is 21.1 Å². The lowest BCUT2D eigenvalue weighted by molar-refractivity contribution is -0.131. The highest BCUT2D eigenvalue weighted by molar-refractivity contribution is 7.93. The van der Waals surface area contributed by atoms with Crippen LogP contribution in [0.4, 0.5) is 5.69 Å². The van der Waals surface area contributed by atoms with Crippen LogP contribution in [0.5, 0.6) is 11.5 Å². The molecule has 1 N–H and O–H groups in total. The normalized spacial score (nSPS) is 19.1. The summed E-state index contributed by atoms with van der Waals surface area (Å²) in [5.74, 6) is -0.271. The fourth-order valence-electron chi connectivity index (χ4n) is 6.05. The third-order valence-corrected chi connectivity index (χ3v) is 10.1. The SMILES string of the molecule is COc1ccc(S(=O)(=O)N2C(=O)C(N[C@@H](C)C(=O)N(C)C)(c3ccc(CN4CCCC4)cc3OC)c3cc(Cl)ccc32)cc1. The molecule has 0 saturated carbocycles. The Morgan fingerprint density at radius 2 is 1.68 bits per heavy atom. The van der Waals surface area contributed by atoms with Crippen LogP contribution in [0, 0.1) is 0 Å². The predicted molar refractivity (Wildman–Crippen MR) is 169 cm³/mol. The molecule has 2 aliphatic heterocycles. The van der Waals surface area contributed by atoms with Gasteiger partial charge in [0.1, 0.15) is 11.5 Å². The molecule has 1 saturated heterocycles. The zero-order chi connectivity index (χ0) is 31.8. The molecule has 1 unspecified atom stereocenters. The topological polar surface area (TPSA) is 108 Å². The van der Waals surface area contributed by atoms with E-state index >= 15 is 0 Å². The van der Waals surface area contributed by atoms with Crippen molar-refractivity contribution in [1.29, 1.82) is 0 Å². The molecule has 234 valence electrons. The second kappa shape index (κ2) is 12.4. The zero-order valence-corrected chi connectivity index (χ0v) is 27.0. The van der Waals surface area contributed by atoms with Crippen LogP contribution in [0.15, 0.2) is 65.6 Å². The van der Waals surface area contributed by atoms with E-state index in [1.54, 1.807) is 33.2 Å². The minimum Gasteiger partial charge on any atom is -0.497 e. The molecule has 44 heavy (non-hydrogen) atoms. The number of carbonyl (C=O) groups is 2. The Balaban J connectivity index is 1.73. The maximum atomic E-state index is 14.9. The van der Waals surface area contributed by atoms with Gasteiger partial charge in [0.2, 0.25) is 5.91 Å². The molecule has 0 radical (unpaired) electrons. The van der Waals surface area contributed by atoms with E-state index in [0.29, 0.717) is 28.6 Å². The summed E-state index contributed by atoms with van der Waals surface area (Å²) >= 11 is 6.51. The van der Waals surface area contributed by atoms with Gasteiger partial charge in [-0.1, -0.05) is 23.7 Å². The average Bonchev–Trinajstić information content (AvgIpc) is 3.61. The summed E-state index contributed by atoms with van der Waals surface area (Å²) in [6.45, 7) is 4.35. The molecule has 2 heterocycles. The van der Waals surface area contributed by atoms with Gasteiger partial charge in [-0.2, -0.15) is 0 Å². The van der Waals surface area contributed by atoms with Crippen molar-refractivity contribution in [3.05, 3.63) is 82.4 Å². The predicted octanol–water partition coefficient (Wildman–Crippen LogP) is 4.00. The van der Waals surface area contributed by atoms with Crippen molar-refractivity contribution >= 4 is 39.1 Å². The Morgan fingerprint density at radius 3 is 2.30 bits per heavy atom. The van der Waals surface area contributed by atoms with E-state index in [1.807, 2.05) is 12.1 Å². The minimum atomic E-state index is -4.43. The maximum Gasteiger partial charge on any atom is 0.270 e. The highest BCUT2D eigenvalue weighted by atomic mass is 35.5. The molecular weight excluding hydrogens is 604 g/mol. The van der Waals surface area contributed by atoms with E-state index < -0.39 is 27.5 Å². The number of nitrogens with one attached hydrogen (secondary N) is 1. The van der Waals surface area contributed by atoms with Gasteiger partial charge in [0.05, 0.1) is 30.8 Å². The number of likely N-dealkylation sites (tertiary alicyclic amines) is 1. The fraction of sp³-hybridized carbons (Fsp3) is 0.375. The van der Waals surface area contributed by atoms with Crippen LogP contribution >= 0.6 is 11.6 Å². The van der Waals surface area contributed by atoms with Gasteiger partial charge in [-0.05, 0) is 86.9 Å². The van der Waals surface area contributed by atoms with Crippen molar-refractivity contribution in [2.45, 2.75) is 42.8 Å². The highest BCUT2D eigenvalue weighted by Crippen LogP contribution is 2.50. The van der Waals surface area contributed by atoms with Crippen LogP contribution in [0.2, 0.25) is 5.02 Å². The summed E-state index contributed by atoms with van der Waals surface area (Å²) in [4.78, 5) is 31.8. The summed E-state index contributed by atoms with van der Waals surface area (Å²) in [5, 5.41) is 3.54. The third kappa shape index (κ3) is 5.53. The van der Waals surface area contributed by atoms with Gasteiger partial charge in [0, 0.05) is 36.8 Å². The number of carbonyl (C=O) groups excluding carboxylic acids is 2. The van der Waals surface area contributed by atoms with Crippen molar-refractivity contribution in [3.63, 3.8) is 0 Å². The summed E-state index contributed by atoms with van der Waals surface area (Å²) < 4.78 is 40.3. The number of rotatable bonds is 10. The molecule has 0 spiro atoms. The van der Waals surface area contributed by atoms with E-state index in [1.165, 1.54) is 55.5 Å². The number of likely N-dealkylation sites (N-methyl/N-ethyl adjacent to an activating group) is 1. The summed E-state index contributed by atoms with van der Waals surface area (Å²) in [6.07, 6.45) is 2.29. The number of hydrogen-bond donors (Lipinski definition) is 1. The lowest BCUT2D eigenvalue weighted by Crippen LogP contribution is -2.58. The fourth-order valence-corrected chi connectivity index (χ4v) is 7.68. The van der Waals surface area contributed by atoms with E-state index in [0.717, 1.165) is 35.8 Å². The molecule has 5 rings (SSSR count). The van der Waals surface area contributed by atoms with Gasteiger partial charge < -0.3 is 14.4 Å². The van der Waals surface area contributed by atoms with Crippen LogP contribution in [0.3, 0.4) is 0 Å². The van der Waals surface area contributed by atoms with Gasteiger partial charge in [-0.15, -0.1) is 0 Å². The molecule has 3 aromatic carbocycles. The van der Waals surface area contributed by atoms with Gasteiger partial charge in [0.25, 0.3) is 15.9 Å². The standard InChI is InChI=1S/C32H37ClN4O6S/c1-21(30(38)35(2)3)34-32(26-14-8-22(18-29(26)43-5)20-36-16-6-7-17-36)27-19-23(33)9-15-28(27)37(31(32)39)44(40,41)25-12-10-24(42-4)11-13-25/h8-15,18-19,21,34H,6-7,16-17,20H2,1-5H3/t21-,32?/m0/s1. The highest BCUT2D eigenvalue weighted by Gasteiger charge is 2.58. The van der Waals surface area contributed by atoms with Gasteiger partial charge in [-0.3, -0.25) is 19.8 Å². The van der Waals surface area contributed by atoms with Crippen molar-refractivity contribution in [2.75, 3.05) is 45.7 Å². The van der Waals surface area contributed by atoms with Gasteiger partial charge in [-0.25, -0.2) is 12.7 Å². The molecule has 2 aliphatic rings. The van der Waals surface area contributed by atoms with Crippen LogP contribution in [0.25, 0.3) is 0 Å². The van der Waals surface area contributed by atoms with Crippen LogP contribution in [-0.4, -0.2) is 77.5 Å². The Labute approximate surface area is 263 Å². The largest absolute Gasteiger partial charge is 0.497 e. The molecule has 0 bridgehead atoms. The van der Waals surface area contributed by atoms with Gasteiger partial charge >= 0.3 is 0 Å². The first kappa shape index (κ1) is 31.8. The number of benzene rings is 3. The summed E-state index contributed by atoms with van der Waals surface area (Å²) in [6, 6.07) is 15.1. The number of ether oxygens (including phenoxy) is 2. The number of nitrogens with zero attached hydrogens (tertiary/aromatic N) is 3. The van der Waals surface area contributed by atoms with Crippen molar-refractivity contribution in [3.8, 4) is 11.5 Å². The lowest BCUT2D eigenvalue weighted by atomic mass is 9.82. The number of sulfonamides is 1. The molecule has 3 aromatic rings. The molecule has 0 aliphatic carbocycles. The Bertz CT molecular complexity index is 1670. The summed E-state index contributed by atoms with van der Waals surface area (Å²) in [7, 11) is 1.78. The summed E-state index contributed by atoms with van der Waals surface area (Å²) in [5.41, 5.74) is -0.0851. The van der Waals surface area contributed by atoms with Crippen LogP contribution in [0.1, 0.15) is 36.5 Å².